The van der Waals surface area contributed by atoms with Gasteiger partial charge in [0.25, 0.3) is 11.2 Å². The molecule has 2 aromatic heterocycles. The lowest BCUT2D eigenvalue weighted by Gasteiger charge is -2.01. The van der Waals surface area contributed by atoms with Gasteiger partial charge in [0, 0.05) is 17.7 Å². The number of pyridine rings is 1. The van der Waals surface area contributed by atoms with E-state index in [-0.39, 0.29) is 18.1 Å². The second kappa shape index (κ2) is 5.84. The normalized spacial score (nSPS) is 10.7. The van der Waals surface area contributed by atoms with Crippen molar-refractivity contribution in [3.63, 3.8) is 0 Å². The standard InChI is InChI=1S/C15H10FN3O4/c16-11-3-1-2-10(6-11)15-17-12(9-23-15)7-18-8-13(19(21)22)4-5-14(18)20/h1-6,8-9H,7H2. The van der Waals surface area contributed by atoms with Crippen molar-refractivity contribution in [2.75, 3.05) is 0 Å². The van der Waals surface area contributed by atoms with Crippen LogP contribution >= 0.6 is 0 Å². The second-order valence-corrected chi connectivity index (χ2v) is 4.76. The number of nitro groups is 1. The van der Waals surface area contributed by atoms with E-state index < -0.39 is 16.3 Å². The zero-order chi connectivity index (χ0) is 16.4. The minimum absolute atomic E-state index is 0.0132. The van der Waals surface area contributed by atoms with Gasteiger partial charge in [-0.25, -0.2) is 9.37 Å². The zero-order valence-electron chi connectivity index (χ0n) is 11.7. The average Bonchev–Trinajstić information content (AvgIpc) is 2.98. The molecule has 2 heterocycles. The lowest BCUT2D eigenvalue weighted by molar-refractivity contribution is -0.385. The van der Waals surface area contributed by atoms with Crippen molar-refractivity contribution < 1.29 is 13.7 Å². The summed E-state index contributed by atoms with van der Waals surface area (Å²) in [6.45, 7) is 0.0132. The van der Waals surface area contributed by atoms with E-state index in [0.29, 0.717) is 11.3 Å². The molecule has 0 amide bonds. The largest absolute Gasteiger partial charge is 0.444 e. The maximum absolute atomic E-state index is 13.2. The summed E-state index contributed by atoms with van der Waals surface area (Å²) in [7, 11) is 0. The number of oxazole rings is 1. The van der Waals surface area contributed by atoms with E-state index in [4.69, 9.17) is 4.42 Å². The number of rotatable bonds is 4. The third kappa shape index (κ3) is 3.15. The first-order valence-corrected chi connectivity index (χ1v) is 6.58. The molecule has 0 spiro atoms. The fourth-order valence-corrected chi connectivity index (χ4v) is 2.06. The van der Waals surface area contributed by atoms with E-state index in [1.165, 1.54) is 24.5 Å². The van der Waals surface area contributed by atoms with E-state index in [1.807, 2.05) is 0 Å². The smallest absolute Gasteiger partial charge is 0.285 e. The molecule has 3 aromatic rings. The number of nitrogens with zero attached hydrogens (tertiary/aromatic N) is 3. The molecular formula is C15H10FN3O4. The van der Waals surface area contributed by atoms with E-state index in [1.54, 1.807) is 6.07 Å². The van der Waals surface area contributed by atoms with Crippen molar-refractivity contribution in [1.82, 2.24) is 9.55 Å². The number of hydrogen-bond donors (Lipinski definition) is 0. The van der Waals surface area contributed by atoms with Crippen LogP contribution in [0.5, 0.6) is 0 Å². The highest BCUT2D eigenvalue weighted by Gasteiger charge is 2.11. The summed E-state index contributed by atoms with van der Waals surface area (Å²) in [5.74, 6) is -0.213. The summed E-state index contributed by atoms with van der Waals surface area (Å²) in [6.07, 6.45) is 2.46. The molecule has 0 atom stereocenters. The molecule has 0 aliphatic carbocycles. The molecule has 116 valence electrons. The van der Waals surface area contributed by atoms with Crippen LogP contribution in [-0.2, 0) is 6.54 Å². The second-order valence-electron chi connectivity index (χ2n) is 4.76. The number of hydrogen-bond acceptors (Lipinski definition) is 5. The number of halogens is 1. The molecule has 0 fully saturated rings. The number of benzene rings is 1. The van der Waals surface area contributed by atoms with Crippen molar-refractivity contribution in [2.45, 2.75) is 6.54 Å². The molecule has 7 nitrogen and oxygen atoms in total. The molecule has 0 N–H and O–H groups in total. The molecule has 1 aromatic carbocycles. The van der Waals surface area contributed by atoms with Gasteiger partial charge in [0.2, 0.25) is 5.89 Å². The maximum atomic E-state index is 13.2. The van der Waals surface area contributed by atoms with E-state index in [9.17, 15) is 19.3 Å². The van der Waals surface area contributed by atoms with Crippen LogP contribution in [0.4, 0.5) is 10.1 Å². The number of aromatic nitrogens is 2. The molecule has 0 saturated carbocycles. The molecule has 8 heteroatoms. The summed E-state index contributed by atoms with van der Waals surface area (Å²) < 4.78 is 19.6. The van der Waals surface area contributed by atoms with Gasteiger partial charge in [-0.2, -0.15) is 0 Å². The third-order valence-electron chi connectivity index (χ3n) is 3.13. The zero-order valence-corrected chi connectivity index (χ0v) is 11.7. The Hall–Kier alpha value is -3.29. The first-order valence-electron chi connectivity index (χ1n) is 6.58. The van der Waals surface area contributed by atoms with Crippen LogP contribution in [0, 0.1) is 15.9 Å². The Morgan fingerprint density at radius 2 is 2.13 bits per heavy atom. The van der Waals surface area contributed by atoms with Gasteiger partial charge in [-0.1, -0.05) is 6.07 Å². The lowest BCUT2D eigenvalue weighted by Crippen LogP contribution is -2.19. The van der Waals surface area contributed by atoms with Crippen molar-refractivity contribution in [2.24, 2.45) is 0 Å². The maximum Gasteiger partial charge on any atom is 0.285 e. The van der Waals surface area contributed by atoms with Gasteiger partial charge in [-0.3, -0.25) is 14.9 Å². The summed E-state index contributed by atoms with van der Waals surface area (Å²) in [4.78, 5) is 26.1. The Balaban J connectivity index is 1.89. The van der Waals surface area contributed by atoms with Gasteiger partial charge in [0.15, 0.2) is 0 Å². The Bertz CT molecular complexity index is 932. The van der Waals surface area contributed by atoms with Crippen molar-refractivity contribution in [1.29, 1.82) is 0 Å². The minimum atomic E-state index is -0.586. The highest BCUT2D eigenvalue weighted by molar-refractivity contribution is 5.52. The van der Waals surface area contributed by atoms with Gasteiger partial charge in [0.1, 0.15) is 12.1 Å². The Morgan fingerprint density at radius 1 is 1.30 bits per heavy atom. The van der Waals surface area contributed by atoms with E-state index in [2.05, 4.69) is 4.98 Å². The van der Waals surface area contributed by atoms with E-state index in [0.717, 1.165) is 22.9 Å². The van der Waals surface area contributed by atoms with Crippen LogP contribution < -0.4 is 5.56 Å². The lowest BCUT2D eigenvalue weighted by atomic mass is 10.2. The SMILES string of the molecule is O=c1ccc([N+](=O)[O-])cn1Cc1coc(-c2cccc(F)c2)n1. The predicted octanol–water partition coefficient (Wildman–Crippen LogP) is 2.60. The highest BCUT2D eigenvalue weighted by atomic mass is 19.1. The Kier molecular flexibility index (Phi) is 3.71. The highest BCUT2D eigenvalue weighted by Crippen LogP contribution is 2.19. The van der Waals surface area contributed by atoms with Crippen LogP contribution in [0.15, 0.2) is 58.1 Å². The van der Waals surface area contributed by atoms with E-state index >= 15 is 0 Å². The molecule has 0 radical (unpaired) electrons. The van der Waals surface area contributed by atoms with Gasteiger partial charge in [0.05, 0.1) is 23.4 Å². The first kappa shape index (κ1) is 14.6. The molecule has 23 heavy (non-hydrogen) atoms. The van der Waals surface area contributed by atoms with Gasteiger partial charge >= 0.3 is 0 Å². The first-order chi connectivity index (χ1) is 11.0. The van der Waals surface area contributed by atoms with Crippen molar-refractivity contribution >= 4 is 5.69 Å². The fourth-order valence-electron chi connectivity index (χ4n) is 2.06. The monoisotopic (exact) mass is 315 g/mol. The minimum Gasteiger partial charge on any atom is -0.444 e. The molecule has 0 bridgehead atoms. The van der Waals surface area contributed by atoms with Crippen LogP contribution in [-0.4, -0.2) is 14.5 Å². The molecule has 0 unspecified atom stereocenters. The molecule has 3 rings (SSSR count). The molecule has 0 aliphatic heterocycles. The van der Waals surface area contributed by atoms with Gasteiger partial charge in [-0.05, 0) is 18.2 Å². The van der Waals surface area contributed by atoms with Gasteiger partial charge < -0.3 is 8.98 Å². The quantitative estimate of drug-likeness (QED) is 0.545. The van der Waals surface area contributed by atoms with Crippen LogP contribution in [0.2, 0.25) is 0 Å². The summed E-state index contributed by atoms with van der Waals surface area (Å²) in [5, 5.41) is 10.8. The Morgan fingerprint density at radius 3 is 2.87 bits per heavy atom. The summed E-state index contributed by atoms with van der Waals surface area (Å²) >= 11 is 0. The van der Waals surface area contributed by atoms with Crippen molar-refractivity contribution in [3.8, 4) is 11.5 Å². The average molecular weight is 315 g/mol. The van der Waals surface area contributed by atoms with Crippen LogP contribution in [0.25, 0.3) is 11.5 Å². The van der Waals surface area contributed by atoms with Crippen LogP contribution in [0.3, 0.4) is 0 Å². The molecule has 0 aliphatic rings. The third-order valence-corrected chi connectivity index (χ3v) is 3.13. The summed E-state index contributed by atoms with van der Waals surface area (Å²) in [6, 6.07) is 7.99. The van der Waals surface area contributed by atoms with Gasteiger partial charge in [-0.15, -0.1) is 0 Å². The van der Waals surface area contributed by atoms with Crippen LogP contribution in [0.1, 0.15) is 5.69 Å². The summed E-state index contributed by atoms with van der Waals surface area (Å²) in [5.41, 5.74) is 0.263. The van der Waals surface area contributed by atoms with Crippen molar-refractivity contribution in [3.05, 3.63) is 80.8 Å². The fraction of sp³-hybridized carbons (Fsp3) is 0.0667. The molecular weight excluding hydrogens is 305 g/mol. The molecule has 0 saturated heterocycles. The topological polar surface area (TPSA) is 91.2 Å². The Labute approximate surface area is 128 Å². The predicted molar refractivity (Wildman–Crippen MR) is 78.4 cm³/mol.